The maximum absolute atomic E-state index is 13.1. The SMILES string of the molecule is Cc1cc(F)ccc1CC(CBr)c1ccc(Br)cc1. The van der Waals surface area contributed by atoms with E-state index in [4.69, 9.17) is 0 Å². The summed E-state index contributed by atoms with van der Waals surface area (Å²) in [6.07, 6.45) is 0.916. The van der Waals surface area contributed by atoms with Gasteiger partial charge >= 0.3 is 0 Å². The predicted octanol–water partition coefficient (Wildman–Crippen LogP) is 5.62. The molecule has 0 aliphatic heterocycles. The van der Waals surface area contributed by atoms with Crippen molar-refractivity contribution in [3.8, 4) is 0 Å². The van der Waals surface area contributed by atoms with Crippen LogP contribution in [0.15, 0.2) is 46.9 Å². The van der Waals surface area contributed by atoms with E-state index in [2.05, 4.69) is 56.1 Å². The standard InChI is InChI=1S/C16H15Br2F/c1-11-8-16(19)7-4-13(11)9-14(10-17)12-2-5-15(18)6-3-12/h2-8,14H,9-10H2,1H3. The van der Waals surface area contributed by atoms with E-state index >= 15 is 0 Å². The number of hydrogen-bond acceptors (Lipinski definition) is 0. The molecule has 0 N–H and O–H groups in total. The minimum Gasteiger partial charge on any atom is -0.207 e. The van der Waals surface area contributed by atoms with Crippen molar-refractivity contribution in [2.24, 2.45) is 0 Å². The number of alkyl halides is 1. The van der Waals surface area contributed by atoms with Gasteiger partial charge in [0, 0.05) is 9.80 Å². The normalized spacial score (nSPS) is 12.4. The van der Waals surface area contributed by atoms with E-state index in [1.54, 1.807) is 6.07 Å². The zero-order chi connectivity index (χ0) is 13.8. The van der Waals surface area contributed by atoms with Crippen LogP contribution < -0.4 is 0 Å². The Morgan fingerprint density at radius 2 is 1.79 bits per heavy atom. The smallest absolute Gasteiger partial charge is 0.123 e. The average Bonchev–Trinajstić information content (AvgIpc) is 2.39. The Morgan fingerprint density at radius 3 is 2.37 bits per heavy atom. The molecule has 2 aromatic rings. The molecule has 0 bridgehead atoms. The van der Waals surface area contributed by atoms with Gasteiger partial charge in [0.05, 0.1) is 0 Å². The van der Waals surface area contributed by atoms with Crippen LogP contribution in [0, 0.1) is 12.7 Å². The van der Waals surface area contributed by atoms with Gasteiger partial charge in [-0.25, -0.2) is 4.39 Å². The Bertz CT molecular complexity index is 549. The van der Waals surface area contributed by atoms with Gasteiger partial charge in [-0.05, 0) is 60.2 Å². The zero-order valence-corrected chi connectivity index (χ0v) is 13.8. The fourth-order valence-electron chi connectivity index (χ4n) is 2.15. The molecular formula is C16H15Br2F. The molecule has 0 heterocycles. The summed E-state index contributed by atoms with van der Waals surface area (Å²) in [4.78, 5) is 0. The molecule has 0 aliphatic rings. The highest BCUT2D eigenvalue weighted by Gasteiger charge is 2.12. The van der Waals surface area contributed by atoms with Crippen LogP contribution in [0.4, 0.5) is 4.39 Å². The van der Waals surface area contributed by atoms with Crippen molar-refractivity contribution in [2.45, 2.75) is 19.3 Å². The van der Waals surface area contributed by atoms with E-state index in [9.17, 15) is 4.39 Å². The second-order valence-electron chi connectivity index (χ2n) is 4.68. The molecule has 1 unspecified atom stereocenters. The Balaban J connectivity index is 2.21. The summed E-state index contributed by atoms with van der Waals surface area (Å²) in [7, 11) is 0. The minimum atomic E-state index is -0.166. The third-order valence-corrected chi connectivity index (χ3v) is 4.61. The first kappa shape index (κ1) is 14.7. The molecule has 1 atom stereocenters. The van der Waals surface area contributed by atoms with Crippen molar-refractivity contribution >= 4 is 31.9 Å². The summed E-state index contributed by atoms with van der Waals surface area (Å²) >= 11 is 7.03. The van der Waals surface area contributed by atoms with Gasteiger partial charge in [-0.3, -0.25) is 0 Å². The molecule has 0 aliphatic carbocycles. The lowest BCUT2D eigenvalue weighted by molar-refractivity contribution is 0.624. The Labute approximate surface area is 130 Å². The molecule has 2 aromatic carbocycles. The van der Waals surface area contributed by atoms with E-state index in [0.29, 0.717) is 5.92 Å². The van der Waals surface area contributed by atoms with Crippen LogP contribution in [0.1, 0.15) is 22.6 Å². The fourth-order valence-corrected chi connectivity index (χ4v) is 3.02. The summed E-state index contributed by atoms with van der Waals surface area (Å²) in [6, 6.07) is 13.4. The van der Waals surface area contributed by atoms with E-state index < -0.39 is 0 Å². The minimum absolute atomic E-state index is 0.166. The molecule has 0 spiro atoms. The van der Waals surface area contributed by atoms with Gasteiger partial charge in [0.2, 0.25) is 0 Å². The molecule has 0 fully saturated rings. The van der Waals surface area contributed by atoms with Gasteiger partial charge in [-0.15, -0.1) is 0 Å². The first-order chi connectivity index (χ1) is 9.10. The van der Waals surface area contributed by atoms with Crippen LogP contribution in [-0.4, -0.2) is 5.33 Å². The van der Waals surface area contributed by atoms with Gasteiger partial charge in [-0.2, -0.15) is 0 Å². The molecule has 100 valence electrons. The quantitative estimate of drug-likeness (QED) is 0.599. The van der Waals surface area contributed by atoms with Crippen LogP contribution in [0.25, 0.3) is 0 Å². The average molecular weight is 386 g/mol. The molecule has 0 radical (unpaired) electrons. The molecule has 19 heavy (non-hydrogen) atoms. The van der Waals surface area contributed by atoms with Crippen LogP contribution >= 0.6 is 31.9 Å². The van der Waals surface area contributed by atoms with Crippen molar-refractivity contribution in [3.63, 3.8) is 0 Å². The third kappa shape index (κ3) is 3.90. The Morgan fingerprint density at radius 1 is 1.11 bits per heavy atom. The summed E-state index contributed by atoms with van der Waals surface area (Å²) < 4.78 is 14.2. The van der Waals surface area contributed by atoms with Crippen molar-refractivity contribution in [3.05, 3.63) is 69.4 Å². The number of benzene rings is 2. The van der Waals surface area contributed by atoms with Crippen LogP contribution in [-0.2, 0) is 6.42 Å². The first-order valence-electron chi connectivity index (χ1n) is 6.16. The predicted molar refractivity (Wildman–Crippen MR) is 85.5 cm³/mol. The van der Waals surface area contributed by atoms with Gasteiger partial charge in [0.25, 0.3) is 0 Å². The summed E-state index contributed by atoms with van der Waals surface area (Å²) in [5.41, 5.74) is 3.51. The summed E-state index contributed by atoms with van der Waals surface area (Å²) in [6.45, 7) is 1.96. The van der Waals surface area contributed by atoms with Crippen molar-refractivity contribution < 1.29 is 4.39 Å². The van der Waals surface area contributed by atoms with E-state index in [1.165, 1.54) is 17.2 Å². The first-order valence-corrected chi connectivity index (χ1v) is 8.08. The molecule has 0 amide bonds. The highest BCUT2D eigenvalue weighted by molar-refractivity contribution is 9.10. The van der Waals surface area contributed by atoms with Gasteiger partial charge in [0.15, 0.2) is 0 Å². The lowest BCUT2D eigenvalue weighted by Gasteiger charge is -2.16. The van der Waals surface area contributed by atoms with Crippen molar-refractivity contribution in [1.29, 1.82) is 0 Å². The third-order valence-electron chi connectivity index (χ3n) is 3.30. The van der Waals surface area contributed by atoms with Gasteiger partial charge in [0.1, 0.15) is 5.82 Å². The number of halogens is 3. The molecule has 0 nitrogen and oxygen atoms in total. The fraction of sp³-hybridized carbons (Fsp3) is 0.250. The molecule has 0 saturated carbocycles. The van der Waals surface area contributed by atoms with Crippen molar-refractivity contribution in [2.75, 3.05) is 5.33 Å². The second kappa shape index (κ2) is 6.67. The lowest BCUT2D eigenvalue weighted by atomic mass is 9.92. The molecular weight excluding hydrogens is 371 g/mol. The zero-order valence-electron chi connectivity index (χ0n) is 10.7. The summed E-state index contributed by atoms with van der Waals surface area (Å²) in [5, 5.41) is 0.894. The highest BCUT2D eigenvalue weighted by atomic mass is 79.9. The largest absolute Gasteiger partial charge is 0.207 e. The molecule has 0 saturated heterocycles. The Hall–Kier alpha value is -0.670. The monoisotopic (exact) mass is 384 g/mol. The van der Waals surface area contributed by atoms with E-state index in [1.807, 2.05) is 13.0 Å². The van der Waals surface area contributed by atoms with E-state index in [0.717, 1.165) is 21.8 Å². The lowest BCUT2D eigenvalue weighted by Crippen LogP contribution is -2.05. The van der Waals surface area contributed by atoms with E-state index in [-0.39, 0.29) is 5.82 Å². The van der Waals surface area contributed by atoms with Crippen LogP contribution in [0.5, 0.6) is 0 Å². The topological polar surface area (TPSA) is 0 Å². The molecule has 2 rings (SSSR count). The second-order valence-corrected chi connectivity index (χ2v) is 6.24. The number of hydrogen-bond donors (Lipinski definition) is 0. The Kier molecular flexibility index (Phi) is 5.17. The molecule has 0 aromatic heterocycles. The van der Waals surface area contributed by atoms with Crippen LogP contribution in [0.3, 0.4) is 0 Å². The number of aryl methyl sites for hydroxylation is 1. The number of rotatable bonds is 4. The van der Waals surface area contributed by atoms with Crippen molar-refractivity contribution in [1.82, 2.24) is 0 Å². The molecule has 3 heteroatoms. The van der Waals surface area contributed by atoms with Gasteiger partial charge < -0.3 is 0 Å². The maximum Gasteiger partial charge on any atom is 0.123 e. The maximum atomic E-state index is 13.1. The van der Waals surface area contributed by atoms with Crippen LogP contribution in [0.2, 0.25) is 0 Å². The highest BCUT2D eigenvalue weighted by Crippen LogP contribution is 2.26. The van der Waals surface area contributed by atoms with Gasteiger partial charge in [-0.1, -0.05) is 50.1 Å². The summed E-state index contributed by atoms with van der Waals surface area (Å²) in [5.74, 6) is 0.234.